The minimum Gasteiger partial charge on any atom is -0.309 e. The number of hydrogen-bond acceptors (Lipinski definition) is 3. The van der Waals surface area contributed by atoms with E-state index in [0.29, 0.717) is 5.02 Å². The fourth-order valence-corrected chi connectivity index (χ4v) is 3.75. The number of fused-ring (bicyclic) bond motifs is 1. The van der Waals surface area contributed by atoms with E-state index in [2.05, 4.69) is 10.0 Å². The zero-order chi connectivity index (χ0) is 15.7. The van der Waals surface area contributed by atoms with Crippen molar-refractivity contribution in [3.8, 4) is 0 Å². The molecule has 0 radical (unpaired) electrons. The van der Waals surface area contributed by atoms with Crippen molar-refractivity contribution in [3.63, 3.8) is 0 Å². The summed E-state index contributed by atoms with van der Waals surface area (Å²) in [4.78, 5) is 0.186. The van der Waals surface area contributed by atoms with Gasteiger partial charge in [-0.15, -0.1) is 12.4 Å². The lowest BCUT2D eigenvalue weighted by Crippen LogP contribution is -2.23. The molecule has 23 heavy (non-hydrogen) atoms. The van der Waals surface area contributed by atoms with E-state index >= 15 is 0 Å². The van der Waals surface area contributed by atoms with Crippen molar-refractivity contribution in [2.45, 2.75) is 31.5 Å². The summed E-state index contributed by atoms with van der Waals surface area (Å²) in [7, 11) is -3.56. The lowest BCUT2D eigenvalue weighted by molar-refractivity contribution is 0.581. The smallest absolute Gasteiger partial charge is 0.240 e. The predicted molar refractivity (Wildman–Crippen MR) is 94.4 cm³/mol. The maximum Gasteiger partial charge on any atom is 0.240 e. The summed E-state index contributed by atoms with van der Waals surface area (Å²) in [6.07, 6.45) is 0. The monoisotopic (exact) mass is 372 g/mol. The summed E-state index contributed by atoms with van der Waals surface area (Å²) < 4.78 is 27.3. The molecule has 124 valence electrons. The fraction of sp³-hybridized carbons (Fsp3) is 0.250. The standard InChI is InChI=1S/C16H17ClN2O2S.ClH/c1-11-2-5-15(7-16(11)17)22(20,21)19-8-12-3-4-13-9-18-10-14(13)6-12;/h2-7,18-19H,8-10H2,1H3;1H. The molecule has 3 rings (SSSR count). The summed E-state index contributed by atoms with van der Waals surface area (Å²) in [5, 5.41) is 3.72. The van der Waals surface area contributed by atoms with Gasteiger partial charge in [-0.05, 0) is 41.3 Å². The molecule has 2 aromatic carbocycles. The number of halogens is 2. The first-order valence-corrected chi connectivity index (χ1v) is 8.89. The Hall–Kier alpha value is -1.11. The SMILES string of the molecule is Cc1ccc(S(=O)(=O)NCc2ccc3c(c2)CNC3)cc1Cl.Cl. The first-order valence-electron chi connectivity index (χ1n) is 7.03. The Morgan fingerprint density at radius 2 is 1.87 bits per heavy atom. The molecular weight excluding hydrogens is 355 g/mol. The second-order valence-corrected chi connectivity index (χ2v) is 7.62. The van der Waals surface area contributed by atoms with Gasteiger partial charge in [0.05, 0.1) is 4.90 Å². The van der Waals surface area contributed by atoms with Gasteiger partial charge in [-0.3, -0.25) is 0 Å². The van der Waals surface area contributed by atoms with Crippen LogP contribution in [0.25, 0.3) is 0 Å². The van der Waals surface area contributed by atoms with Crippen LogP contribution >= 0.6 is 24.0 Å². The summed E-state index contributed by atoms with van der Waals surface area (Å²) in [5.74, 6) is 0. The van der Waals surface area contributed by atoms with Gasteiger partial charge in [0, 0.05) is 24.7 Å². The van der Waals surface area contributed by atoms with Gasteiger partial charge in [-0.1, -0.05) is 35.9 Å². The highest BCUT2D eigenvalue weighted by molar-refractivity contribution is 7.89. The molecule has 2 aromatic rings. The van der Waals surface area contributed by atoms with Crippen LogP contribution in [-0.4, -0.2) is 8.42 Å². The molecule has 0 aliphatic carbocycles. The minimum atomic E-state index is -3.56. The number of hydrogen-bond donors (Lipinski definition) is 2. The van der Waals surface area contributed by atoms with Crippen molar-refractivity contribution in [2.75, 3.05) is 0 Å². The van der Waals surface area contributed by atoms with Crippen molar-refractivity contribution in [3.05, 3.63) is 63.7 Å². The third-order valence-electron chi connectivity index (χ3n) is 3.82. The van der Waals surface area contributed by atoms with E-state index in [-0.39, 0.29) is 23.8 Å². The number of sulfonamides is 1. The Morgan fingerprint density at radius 3 is 2.61 bits per heavy atom. The van der Waals surface area contributed by atoms with Crippen LogP contribution in [0.1, 0.15) is 22.3 Å². The van der Waals surface area contributed by atoms with Gasteiger partial charge in [0.1, 0.15) is 0 Å². The van der Waals surface area contributed by atoms with E-state index in [1.807, 2.05) is 25.1 Å². The molecule has 1 aliphatic rings. The molecule has 0 spiro atoms. The molecule has 0 aromatic heterocycles. The topological polar surface area (TPSA) is 58.2 Å². The van der Waals surface area contributed by atoms with Crippen LogP contribution in [0.3, 0.4) is 0 Å². The van der Waals surface area contributed by atoms with Crippen LogP contribution in [-0.2, 0) is 29.7 Å². The maximum absolute atomic E-state index is 12.3. The van der Waals surface area contributed by atoms with Gasteiger partial charge in [0.25, 0.3) is 0 Å². The van der Waals surface area contributed by atoms with Crippen molar-refractivity contribution in [1.29, 1.82) is 0 Å². The Balaban J connectivity index is 0.00000192. The van der Waals surface area contributed by atoms with E-state index in [0.717, 1.165) is 24.2 Å². The molecule has 0 saturated heterocycles. The zero-order valence-corrected chi connectivity index (χ0v) is 15.0. The summed E-state index contributed by atoms with van der Waals surface area (Å²) >= 11 is 6.00. The summed E-state index contributed by atoms with van der Waals surface area (Å²) in [6, 6.07) is 10.8. The van der Waals surface area contributed by atoms with Crippen molar-refractivity contribution < 1.29 is 8.42 Å². The number of aryl methyl sites for hydroxylation is 1. The average molecular weight is 373 g/mol. The molecule has 0 saturated carbocycles. The molecule has 0 atom stereocenters. The maximum atomic E-state index is 12.3. The first kappa shape index (κ1) is 18.2. The lowest BCUT2D eigenvalue weighted by Gasteiger charge is -2.09. The van der Waals surface area contributed by atoms with E-state index < -0.39 is 10.0 Å². The van der Waals surface area contributed by atoms with Gasteiger partial charge in [0.2, 0.25) is 10.0 Å². The molecule has 0 amide bonds. The third kappa shape index (κ3) is 4.05. The van der Waals surface area contributed by atoms with Crippen molar-refractivity contribution in [2.24, 2.45) is 0 Å². The molecule has 0 fully saturated rings. The Morgan fingerprint density at radius 1 is 1.13 bits per heavy atom. The summed E-state index contributed by atoms with van der Waals surface area (Å²) in [5.41, 5.74) is 4.31. The van der Waals surface area contributed by atoms with E-state index in [9.17, 15) is 8.42 Å². The Bertz CT molecular complexity index is 823. The van der Waals surface area contributed by atoms with E-state index in [1.165, 1.54) is 17.2 Å². The molecule has 0 bridgehead atoms. The molecule has 0 unspecified atom stereocenters. The predicted octanol–water partition coefficient (Wildman–Crippen LogP) is 3.15. The Labute approximate surface area is 147 Å². The normalized spacial score (nSPS) is 13.5. The van der Waals surface area contributed by atoms with Gasteiger partial charge in [-0.25, -0.2) is 13.1 Å². The zero-order valence-electron chi connectivity index (χ0n) is 12.6. The molecule has 4 nitrogen and oxygen atoms in total. The van der Waals surface area contributed by atoms with Crippen LogP contribution in [0.15, 0.2) is 41.3 Å². The third-order valence-corrected chi connectivity index (χ3v) is 5.63. The molecule has 1 aliphatic heterocycles. The van der Waals surface area contributed by atoms with Gasteiger partial charge in [0.15, 0.2) is 0 Å². The highest BCUT2D eigenvalue weighted by Crippen LogP contribution is 2.21. The van der Waals surface area contributed by atoms with Crippen LogP contribution in [0.4, 0.5) is 0 Å². The highest BCUT2D eigenvalue weighted by Gasteiger charge is 2.16. The lowest BCUT2D eigenvalue weighted by atomic mass is 10.1. The van der Waals surface area contributed by atoms with Gasteiger partial charge >= 0.3 is 0 Å². The average Bonchev–Trinajstić information content (AvgIpc) is 2.95. The van der Waals surface area contributed by atoms with Gasteiger partial charge < -0.3 is 5.32 Å². The Kier molecular flexibility index (Phi) is 5.70. The van der Waals surface area contributed by atoms with Crippen LogP contribution in [0, 0.1) is 6.92 Å². The number of rotatable bonds is 4. The quantitative estimate of drug-likeness (QED) is 0.866. The molecule has 7 heteroatoms. The van der Waals surface area contributed by atoms with Gasteiger partial charge in [-0.2, -0.15) is 0 Å². The molecular formula is C16H18Cl2N2O2S. The summed E-state index contributed by atoms with van der Waals surface area (Å²) in [6.45, 7) is 3.82. The number of nitrogens with one attached hydrogen (secondary N) is 2. The van der Waals surface area contributed by atoms with Crippen LogP contribution < -0.4 is 10.0 Å². The fourth-order valence-electron chi connectivity index (χ4n) is 2.46. The largest absolute Gasteiger partial charge is 0.309 e. The minimum absolute atomic E-state index is 0. The van der Waals surface area contributed by atoms with E-state index in [4.69, 9.17) is 11.6 Å². The first-order chi connectivity index (χ1) is 10.5. The molecule has 1 heterocycles. The molecule has 2 N–H and O–H groups in total. The highest BCUT2D eigenvalue weighted by atomic mass is 35.5. The second kappa shape index (κ2) is 7.20. The van der Waals surface area contributed by atoms with Crippen molar-refractivity contribution >= 4 is 34.0 Å². The second-order valence-electron chi connectivity index (χ2n) is 5.44. The van der Waals surface area contributed by atoms with Crippen molar-refractivity contribution in [1.82, 2.24) is 10.0 Å². The van der Waals surface area contributed by atoms with Crippen LogP contribution in [0.2, 0.25) is 5.02 Å². The van der Waals surface area contributed by atoms with E-state index in [1.54, 1.807) is 12.1 Å². The number of benzene rings is 2. The van der Waals surface area contributed by atoms with Crippen LogP contribution in [0.5, 0.6) is 0 Å².